The van der Waals surface area contributed by atoms with Gasteiger partial charge in [0, 0.05) is 31.6 Å². The first-order chi connectivity index (χ1) is 9.06. The van der Waals surface area contributed by atoms with Crippen molar-refractivity contribution in [2.24, 2.45) is 5.92 Å². The zero-order valence-electron chi connectivity index (χ0n) is 12.4. The van der Waals surface area contributed by atoms with Gasteiger partial charge in [-0.3, -0.25) is 4.79 Å². The molecule has 0 heterocycles. The van der Waals surface area contributed by atoms with E-state index >= 15 is 0 Å². The summed E-state index contributed by atoms with van der Waals surface area (Å²) in [5.74, 6) is 1.13. The minimum absolute atomic E-state index is 0.428. The van der Waals surface area contributed by atoms with Gasteiger partial charge >= 0.3 is 0 Å². The summed E-state index contributed by atoms with van der Waals surface area (Å²) in [5.41, 5.74) is 2.68. The van der Waals surface area contributed by atoms with Crippen LogP contribution in [0.1, 0.15) is 45.1 Å². The van der Waals surface area contributed by atoms with E-state index in [-0.39, 0.29) is 0 Å². The van der Waals surface area contributed by atoms with E-state index in [1.165, 1.54) is 11.3 Å². The maximum Gasteiger partial charge on any atom is 0.133 e. The summed E-state index contributed by atoms with van der Waals surface area (Å²) in [7, 11) is 2.15. The van der Waals surface area contributed by atoms with Gasteiger partial charge in [0.2, 0.25) is 0 Å². The van der Waals surface area contributed by atoms with Gasteiger partial charge < -0.3 is 4.90 Å². The largest absolute Gasteiger partial charge is 0.372 e. The second-order valence-electron chi connectivity index (χ2n) is 6.15. The molecule has 0 saturated heterocycles. The Morgan fingerprint density at radius 1 is 1.16 bits per heavy atom. The molecule has 1 aromatic rings. The van der Waals surface area contributed by atoms with Crippen LogP contribution in [0.5, 0.6) is 0 Å². The summed E-state index contributed by atoms with van der Waals surface area (Å²) in [6.45, 7) is 4.50. The van der Waals surface area contributed by atoms with Gasteiger partial charge in [0.1, 0.15) is 5.78 Å². The summed E-state index contributed by atoms with van der Waals surface area (Å²) in [6.07, 6.45) is 4.65. The highest BCUT2D eigenvalue weighted by atomic mass is 16.1. The van der Waals surface area contributed by atoms with Crippen molar-refractivity contribution in [2.75, 3.05) is 11.9 Å². The van der Waals surface area contributed by atoms with Crippen molar-refractivity contribution < 1.29 is 4.79 Å². The molecule has 0 aliphatic heterocycles. The van der Waals surface area contributed by atoms with Crippen molar-refractivity contribution in [1.29, 1.82) is 0 Å². The van der Waals surface area contributed by atoms with E-state index in [4.69, 9.17) is 0 Å². The van der Waals surface area contributed by atoms with Crippen LogP contribution < -0.4 is 4.90 Å². The molecular formula is C17H25NO. The predicted molar refractivity (Wildman–Crippen MR) is 80.7 cm³/mol. The third kappa shape index (κ3) is 3.82. The number of hydrogen-bond donors (Lipinski definition) is 0. The van der Waals surface area contributed by atoms with E-state index < -0.39 is 0 Å². The minimum Gasteiger partial charge on any atom is -0.372 e. The first-order valence-electron chi connectivity index (χ1n) is 7.39. The molecule has 2 rings (SSSR count). The van der Waals surface area contributed by atoms with Gasteiger partial charge in [0.15, 0.2) is 0 Å². The molecule has 0 amide bonds. The molecule has 1 saturated carbocycles. The molecule has 0 N–H and O–H groups in total. The van der Waals surface area contributed by atoms with Crippen LogP contribution in [0.25, 0.3) is 0 Å². The van der Waals surface area contributed by atoms with Crippen LogP contribution in [-0.4, -0.2) is 18.9 Å². The number of nitrogens with zero attached hydrogens (tertiary/aromatic N) is 1. The van der Waals surface area contributed by atoms with Crippen LogP contribution in [-0.2, 0) is 11.2 Å². The third-order valence-electron chi connectivity index (χ3n) is 4.05. The van der Waals surface area contributed by atoms with E-state index in [0.717, 1.165) is 32.1 Å². The van der Waals surface area contributed by atoms with Crippen LogP contribution >= 0.6 is 0 Å². The van der Waals surface area contributed by atoms with Gasteiger partial charge in [-0.1, -0.05) is 26.0 Å². The molecule has 19 heavy (non-hydrogen) atoms. The monoisotopic (exact) mass is 259 g/mol. The number of carbonyl (C=O) groups is 1. The van der Waals surface area contributed by atoms with Gasteiger partial charge in [-0.2, -0.15) is 0 Å². The quantitative estimate of drug-likeness (QED) is 0.819. The number of hydrogen-bond acceptors (Lipinski definition) is 2. The topological polar surface area (TPSA) is 20.3 Å². The Kier molecular flexibility index (Phi) is 4.62. The smallest absolute Gasteiger partial charge is 0.133 e. The van der Waals surface area contributed by atoms with Gasteiger partial charge in [-0.25, -0.2) is 0 Å². The molecule has 1 aliphatic carbocycles. The highest BCUT2D eigenvalue weighted by Crippen LogP contribution is 2.25. The fourth-order valence-corrected chi connectivity index (χ4v) is 2.86. The van der Waals surface area contributed by atoms with Crippen molar-refractivity contribution in [3.63, 3.8) is 0 Å². The minimum atomic E-state index is 0.428. The predicted octanol–water partition coefficient (Wildman–Crippen LogP) is 3.83. The highest BCUT2D eigenvalue weighted by molar-refractivity contribution is 5.79. The average molecular weight is 259 g/mol. The van der Waals surface area contributed by atoms with Crippen molar-refractivity contribution in [2.45, 2.75) is 52.0 Å². The van der Waals surface area contributed by atoms with Gasteiger partial charge in [-0.05, 0) is 42.9 Å². The molecule has 2 heteroatoms. The SMILES string of the molecule is CC(C)Cc1ccc(N(C)C2CCC(=O)CC2)cc1. The maximum absolute atomic E-state index is 11.3. The molecule has 0 radical (unpaired) electrons. The summed E-state index contributed by atoms with van der Waals surface area (Å²) in [4.78, 5) is 13.6. The van der Waals surface area contributed by atoms with Crippen LogP contribution in [0.15, 0.2) is 24.3 Å². The Balaban J connectivity index is 1.99. The number of anilines is 1. The first-order valence-corrected chi connectivity index (χ1v) is 7.39. The van der Waals surface area contributed by atoms with Crippen molar-refractivity contribution in [1.82, 2.24) is 0 Å². The van der Waals surface area contributed by atoms with Crippen LogP contribution in [0.4, 0.5) is 5.69 Å². The molecule has 0 bridgehead atoms. The zero-order chi connectivity index (χ0) is 13.8. The van der Waals surface area contributed by atoms with E-state index in [1.807, 2.05) is 0 Å². The average Bonchev–Trinajstić information content (AvgIpc) is 2.39. The second kappa shape index (κ2) is 6.23. The molecule has 1 aromatic carbocycles. The lowest BCUT2D eigenvalue weighted by molar-refractivity contribution is -0.120. The van der Waals surface area contributed by atoms with Crippen LogP contribution in [0, 0.1) is 5.92 Å². The summed E-state index contributed by atoms with van der Waals surface area (Å²) in [5, 5.41) is 0. The molecule has 0 unspecified atom stereocenters. The molecule has 0 atom stereocenters. The fourth-order valence-electron chi connectivity index (χ4n) is 2.86. The number of ketones is 1. The van der Waals surface area contributed by atoms with E-state index in [1.54, 1.807) is 0 Å². The number of benzene rings is 1. The molecular weight excluding hydrogens is 234 g/mol. The molecule has 104 valence electrons. The van der Waals surface area contributed by atoms with Gasteiger partial charge in [-0.15, -0.1) is 0 Å². The Labute approximate surface area is 116 Å². The van der Waals surface area contributed by atoms with E-state index in [9.17, 15) is 4.79 Å². The molecule has 2 nitrogen and oxygen atoms in total. The lowest BCUT2D eigenvalue weighted by Crippen LogP contribution is -2.35. The molecule has 0 spiro atoms. The molecule has 1 aliphatic rings. The van der Waals surface area contributed by atoms with Crippen LogP contribution in [0.2, 0.25) is 0 Å². The standard InChI is InChI=1S/C17H25NO/c1-13(2)12-14-4-6-15(7-5-14)18(3)16-8-10-17(19)11-9-16/h4-7,13,16H,8-12H2,1-3H3. The Hall–Kier alpha value is -1.31. The van der Waals surface area contributed by atoms with E-state index in [0.29, 0.717) is 17.7 Å². The third-order valence-corrected chi connectivity index (χ3v) is 4.05. The summed E-state index contributed by atoms with van der Waals surface area (Å²) in [6, 6.07) is 9.43. The Morgan fingerprint density at radius 2 is 1.74 bits per heavy atom. The molecule has 0 aromatic heterocycles. The number of Topliss-reactive ketones (excluding diaryl/α,β-unsaturated/α-hetero) is 1. The second-order valence-corrected chi connectivity index (χ2v) is 6.15. The summed E-state index contributed by atoms with van der Waals surface area (Å²) >= 11 is 0. The number of rotatable bonds is 4. The highest BCUT2D eigenvalue weighted by Gasteiger charge is 2.22. The normalized spacial score (nSPS) is 16.9. The van der Waals surface area contributed by atoms with Gasteiger partial charge in [0.25, 0.3) is 0 Å². The summed E-state index contributed by atoms with van der Waals surface area (Å²) < 4.78 is 0. The first kappa shape index (κ1) is 14.1. The maximum atomic E-state index is 11.3. The fraction of sp³-hybridized carbons (Fsp3) is 0.588. The number of carbonyl (C=O) groups excluding carboxylic acids is 1. The van der Waals surface area contributed by atoms with E-state index in [2.05, 4.69) is 50.1 Å². The van der Waals surface area contributed by atoms with Crippen LogP contribution in [0.3, 0.4) is 0 Å². The molecule has 1 fully saturated rings. The van der Waals surface area contributed by atoms with Crippen molar-refractivity contribution in [3.8, 4) is 0 Å². The lowest BCUT2D eigenvalue weighted by atomic mass is 9.93. The lowest BCUT2D eigenvalue weighted by Gasteiger charge is -2.32. The zero-order valence-corrected chi connectivity index (χ0v) is 12.4. The Morgan fingerprint density at radius 3 is 2.26 bits per heavy atom. The van der Waals surface area contributed by atoms with Crippen molar-refractivity contribution in [3.05, 3.63) is 29.8 Å². The Bertz CT molecular complexity index is 411. The van der Waals surface area contributed by atoms with Gasteiger partial charge in [0.05, 0.1) is 0 Å². The van der Waals surface area contributed by atoms with Crippen molar-refractivity contribution >= 4 is 11.5 Å².